The quantitative estimate of drug-likeness (QED) is 0.199. The average molecular weight is 578 g/mol. The molecule has 0 saturated carbocycles. The van der Waals surface area contributed by atoms with E-state index in [1.807, 2.05) is 0 Å². The summed E-state index contributed by atoms with van der Waals surface area (Å²) in [6.45, 7) is 3.37. The molecule has 1 unspecified atom stereocenters. The zero-order valence-corrected chi connectivity index (χ0v) is 21.6. The van der Waals surface area contributed by atoms with Crippen molar-refractivity contribution >= 4 is 38.9 Å². The largest absolute Gasteiger partial charge is 0.573 e. The van der Waals surface area contributed by atoms with E-state index in [-0.39, 0.29) is 23.7 Å². The van der Waals surface area contributed by atoms with Crippen LogP contribution in [-0.2, 0) is 16.0 Å². The van der Waals surface area contributed by atoms with E-state index in [0.29, 0.717) is 47.1 Å². The number of methoxy groups -OCH3 is 1. The van der Waals surface area contributed by atoms with Crippen molar-refractivity contribution in [3.63, 3.8) is 0 Å². The fourth-order valence-corrected chi connectivity index (χ4v) is 4.41. The highest BCUT2D eigenvalue weighted by atomic mass is 79.9. The molecule has 0 aliphatic heterocycles. The van der Waals surface area contributed by atoms with Gasteiger partial charge in [-0.1, -0.05) is 53.0 Å². The summed E-state index contributed by atoms with van der Waals surface area (Å²) in [7, 11) is 1.25. The maximum absolute atomic E-state index is 13.4. The van der Waals surface area contributed by atoms with Gasteiger partial charge in [-0.25, -0.2) is 0 Å². The van der Waals surface area contributed by atoms with Crippen molar-refractivity contribution in [2.75, 3.05) is 26.9 Å². The lowest BCUT2D eigenvalue weighted by Crippen LogP contribution is -2.18. The highest BCUT2D eigenvalue weighted by Gasteiger charge is 2.35. The molecule has 190 valence electrons. The van der Waals surface area contributed by atoms with E-state index in [2.05, 4.69) is 27.6 Å². The van der Waals surface area contributed by atoms with Gasteiger partial charge in [-0.2, -0.15) is 0 Å². The average Bonchev–Trinajstić information content (AvgIpc) is 3.21. The van der Waals surface area contributed by atoms with Crippen molar-refractivity contribution in [1.29, 1.82) is 0 Å². The van der Waals surface area contributed by atoms with Gasteiger partial charge in [-0.05, 0) is 48.2 Å². The summed E-state index contributed by atoms with van der Waals surface area (Å²) in [4.78, 5) is 12.6. The van der Waals surface area contributed by atoms with E-state index in [4.69, 9.17) is 25.8 Å². The number of alkyl halides is 4. The molecule has 0 heterocycles. The van der Waals surface area contributed by atoms with Gasteiger partial charge in [0.2, 0.25) is 0 Å². The molecule has 1 aliphatic carbocycles. The van der Waals surface area contributed by atoms with Gasteiger partial charge in [-0.15, -0.1) is 13.2 Å². The van der Waals surface area contributed by atoms with E-state index in [0.717, 1.165) is 12.8 Å². The number of Topliss-reactive ketones (excluding diaryl/α,β-unsaturated/α-hetero) is 1. The number of halogens is 5. The van der Waals surface area contributed by atoms with Gasteiger partial charge in [0.25, 0.3) is 0 Å². The highest BCUT2D eigenvalue weighted by Crippen LogP contribution is 2.43. The number of rotatable bonds is 12. The van der Waals surface area contributed by atoms with E-state index < -0.39 is 16.9 Å². The molecule has 3 rings (SSSR count). The van der Waals surface area contributed by atoms with Crippen molar-refractivity contribution < 1.29 is 36.9 Å². The summed E-state index contributed by atoms with van der Waals surface area (Å²) in [5, 5.41) is 0.439. The minimum atomic E-state index is -4.90. The smallest absolute Gasteiger partial charge is 0.493 e. The Bertz CT molecular complexity index is 1090. The van der Waals surface area contributed by atoms with Gasteiger partial charge >= 0.3 is 6.36 Å². The van der Waals surface area contributed by atoms with Gasteiger partial charge in [0.1, 0.15) is 17.2 Å². The van der Waals surface area contributed by atoms with Crippen molar-refractivity contribution in [2.24, 2.45) is 0 Å². The Morgan fingerprint density at radius 2 is 1.89 bits per heavy atom. The predicted molar refractivity (Wildman–Crippen MR) is 131 cm³/mol. The van der Waals surface area contributed by atoms with E-state index in [9.17, 15) is 18.0 Å². The molecule has 0 radical (unpaired) electrons. The number of unbranched alkanes of at least 4 members (excludes halogenated alkanes) is 1. The summed E-state index contributed by atoms with van der Waals surface area (Å²) in [5.41, 5.74) is 1.85. The van der Waals surface area contributed by atoms with Crippen molar-refractivity contribution in [3.05, 3.63) is 58.1 Å². The lowest BCUT2D eigenvalue weighted by molar-refractivity contribution is -0.275. The van der Waals surface area contributed by atoms with Crippen LogP contribution in [0.25, 0.3) is 5.57 Å². The Labute approximate surface area is 215 Å². The summed E-state index contributed by atoms with van der Waals surface area (Å²) < 4.78 is 59.1. The standard InChI is InChI=1S/C25H25BrClF3O5/c1-3-4-9-33-10-11-34-20-13-16(27)6-8-18(20)23(26)24(31)17-7-5-15-12-21(32-2)22(14-19(15)17)35-25(28,29)30/h6-8,12-14,23H,3-5,9-11H2,1-2H3. The third-order valence-corrected chi connectivity index (χ3v) is 6.45. The first-order valence-electron chi connectivity index (χ1n) is 11.0. The second-order valence-corrected chi connectivity index (χ2v) is 9.11. The summed E-state index contributed by atoms with van der Waals surface area (Å²) in [6, 6.07) is 7.56. The van der Waals surface area contributed by atoms with Crippen LogP contribution in [0.1, 0.15) is 41.3 Å². The molecule has 1 atom stereocenters. The second kappa shape index (κ2) is 12.1. The summed E-state index contributed by atoms with van der Waals surface area (Å²) in [5.74, 6) is -0.489. The number of carbonyl (C=O) groups is 1. The first-order valence-corrected chi connectivity index (χ1v) is 12.3. The van der Waals surface area contributed by atoms with Gasteiger partial charge < -0.3 is 18.9 Å². The molecule has 0 bridgehead atoms. The molecule has 0 fully saturated rings. The third-order valence-electron chi connectivity index (χ3n) is 5.30. The van der Waals surface area contributed by atoms with Gasteiger partial charge in [0, 0.05) is 22.8 Å². The Morgan fingerprint density at radius 1 is 1.11 bits per heavy atom. The number of ether oxygens (including phenoxy) is 4. The van der Waals surface area contributed by atoms with Crippen LogP contribution in [0.15, 0.2) is 36.4 Å². The summed E-state index contributed by atoms with van der Waals surface area (Å²) in [6.07, 6.45) is -0.865. The number of hydrogen-bond donors (Lipinski definition) is 0. The Balaban J connectivity index is 1.81. The highest BCUT2D eigenvalue weighted by molar-refractivity contribution is 9.09. The first-order chi connectivity index (χ1) is 16.6. The maximum Gasteiger partial charge on any atom is 0.573 e. The zero-order chi connectivity index (χ0) is 25.6. The lowest BCUT2D eigenvalue weighted by Gasteiger charge is -2.18. The molecule has 0 spiro atoms. The van der Waals surface area contributed by atoms with Gasteiger partial charge in [0.15, 0.2) is 17.3 Å². The fraction of sp³-hybridized carbons (Fsp3) is 0.400. The topological polar surface area (TPSA) is 54.0 Å². The normalized spacial score (nSPS) is 13.7. The van der Waals surface area contributed by atoms with E-state index in [1.54, 1.807) is 24.3 Å². The van der Waals surface area contributed by atoms with Crippen LogP contribution >= 0.6 is 27.5 Å². The number of fused-ring (bicyclic) bond motifs is 1. The Morgan fingerprint density at radius 3 is 2.57 bits per heavy atom. The van der Waals surface area contributed by atoms with Crippen LogP contribution < -0.4 is 14.2 Å². The van der Waals surface area contributed by atoms with E-state index >= 15 is 0 Å². The summed E-state index contributed by atoms with van der Waals surface area (Å²) >= 11 is 9.58. The molecule has 0 N–H and O–H groups in total. The molecule has 2 aromatic rings. The SMILES string of the molecule is CCCCOCCOc1cc(Cl)ccc1C(Br)C(=O)C1=CCc2cc(OC)c(OC(F)(F)F)cc21. The number of benzene rings is 2. The molecular weight excluding hydrogens is 553 g/mol. The number of ketones is 1. The molecule has 1 aliphatic rings. The molecular formula is C25H25BrClF3O5. The molecule has 0 aromatic heterocycles. The number of carbonyl (C=O) groups excluding carboxylic acids is 1. The molecule has 2 aromatic carbocycles. The van der Waals surface area contributed by atoms with Crippen molar-refractivity contribution in [1.82, 2.24) is 0 Å². The fourth-order valence-electron chi connectivity index (χ4n) is 3.62. The van der Waals surface area contributed by atoms with Crippen LogP contribution in [-0.4, -0.2) is 39.1 Å². The maximum atomic E-state index is 13.4. The van der Waals surface area contributed by atoms with Gasteiger partial charge in [-0.3, -0.25) is 4.79 Å². The van der Waals surface area contributed by atoms with Crippen molar-refractivity contribution in [3.8, 4) is 17.2 Å². The predicted octanol–water partition coefficient (Wildman–Crippen LogP) is 7.09. The van der Waals surface area contributed by atoms with E-state index in [1.165, 1.54) is 19.2 Å². The minimum absolute atomic E-state index is 0.0619. The minimum Gasteiger partial charge on any atom is -0.493 e. The van der Waals surface area contributed by atoms with Crippen LogP contribution in [0.3, 0.4) is 0 Å². The molecule has 0 amide bonds. The van der Waals surface area contributed by atoms with Crippen LogP contribution in [0.4, 0.5) is 13.2 Å². The zero-order valence-electron chi connectivity index (χ0n) is 19.2. The number of allylic oxidation sites excluding steroid dienone is 2. The number of hydrogen-bond acceptors (Lipinski definition) is 5. The molecule has 0 saturated heterocycles. The molecule has 35 heavy (non-hydrogen) atoms. The molecule has 10 heteroatoms. The lowest BCUT2D eigenvalue weighted by atomic mass is 9.97. The van der Waals surface area contributed by atoms with Crippen molar-refractivity contribution in [2.45, 2.75) is 37.4 Å². The molecule has 5 nitrogen and oxygen atoms in total. The third kappa shape index (κ3) is 7.15. The Kier molecular flexibility index (Phi) is 9.49. The van der Waals surface area contributed by atoms with Crippen LogP contribution in [0.5, 0.6) is 17.2 Å². The monoisotopic (exact) mass is 576 g/mol. The van der Waals surface area contributed by atoms with Crippen LogP contribution in [0.2, 0.25) is 5.02 Å². The second-order valence-electron chi connectivity index (χ2n) is 7.75. The Hall–Kier alpha value is -2.23. The van der Waals surface area contributed by atoms with Crippen LogP contribution in [0, 0.1) is 0 Å². The van der Waals surface area contributed by atoms with Gasteiger partial charge in [0.05, 0.1) is 13.7 Å². The first kappa shape index (κ1) is 27.4.